The van der Waals surface area contributed by atoms with Gasteiger partial charge in [0.2, 0.25) is 5.91 Å². The fourth-order valence-corrected chi connectivity index (χ4v) is 4.80. The minimum atomic E-state index is -4.62. The molecule has 3 amide bonds. The number of rotatable bonds is 6. The molecular weight excluding hydrogens is 433 g/mol. The number of carbonyl (C=O) groups is 2. The van der Waals surface area contributed by atoms with Crippen LogP contribution in [0.5, 0.6) is 0 Å². The van der Waals surface area contributed by atoms with Crippen LogP contribution in [0.3, 0.4) is 0 Å². The van der Waals surface area contributed by atoms with E-state index < -0.39 is 47.8 Å². The molecule has 170 valence electrons. The number of urea groups is 1. The lowest BCUT2D eigenvalue weighted by Crippen LogP contribution is -2.68. The van der Waals surface area contributed by atoms with E-state index in [4.69, 9.17) is 11.6 Å². The first kappa shape index (κ1) is 23.4. The van der Waals surface area contributed by atoms with E-state index in [1.165, 1.54) is 0 Å². The summed E-state index contributed by atoms with van der Waals surface area (Å²) in [5, 5.41) is 12.5. The summed E-state index contributed by atoms with van der Waals surface area (Å²) in [5.74, 6) is -2.50. The number of hydrogen-bond acceptors (Lipinski definition) is 3. The molecular formula is C22H26ClF3N2O3. The molecule has 1 saturated carbocycles. The molecule has 2 fully saturated rings. The number of nitrogens with one attached hydrogen (secondary N) is 1. The van der Waals surface area contributed by atoms with Crippen LogP contribution in [0.4, 0.5) is 18.0 Å². The maximum Gasteiger partial charge on any atom is 0.408 e. The van der Waals surface area contributed by atoms with Crippen molar-refractivity contribution in [3.8, 4) is 0 Å². The average Bonchev–Trinajstić information content (AvgIpc) is 2.69. The standard InChI is InChI=1S/C22H26ClF3N2O3/c1-13(29)18-17(11-10-14-6-5-9-16(23)12-14)20(30)28(18)21(31)27-19(22(24,25)26)15-7-3-2-4-8-15/h5-6,9,12,15,17-19,29H,1-4,7-8,10-11H2,(H,27,31)/t17-,18-,19+/m1/s1. The van der Waals surface area contributed by atoms with Gasteiger partial charge in [0.15, 0.2) is 0 Å². The van der Waals surface area contributed by atoms with E-state index in [2.05, 4.69) is 6.58 Å². The van der Waals surface area contributed by atoms with Crippen molar-refractivity contribution in [3.05, 3.63) is 47.2 Å². The highest BCUT2D eigenvalue weighted by atomic mass is 35.5. The zero-order chi connectivity index (χ0) is 22.8. The number of aryl methyl sites for hydroxylation is 1. The molecule has 0 bridgehead atoms. The Labute approximate surface area is 184 Å². The second kappa shape index (κ2) is 9.51. The monoisotopic (exact) mass is 458 g/mol. The summed E-state index contributed by atoms with van der Waals surface area (Å²) >= 11 is 5.96. The van der Waals surface area contributed by atoms with Gasteiger partial charge in [-0.25, -0.2) is 4.79 Å². The van der Waals surface area contributed by atoms with Crippen molar-refractivity contribution in [2.75, 3.05) is 0 Å². The van der Waals surface area contributed by atoms with E-state index in [1.807, 2.05) is 11.4 Å². The predicted molar refractivity (Wildman–Crippen MR) is 111 cm³/mol. The van der Waals surface area contributed by atoms with Crippen LogP contribution in [0, 0.1) is 11.8 Å². The molecule has 1 aromatic carbocycles. The van der Waals surface area contributed by atoms with E-state index >= 15 is 0 Å². The van der Waals surface area contributed by atoms with Crippen LogP contribution in [0.25, 0.3) is 0 Å². The summed E-state index contributed by atoms with van der Waals surface area (Å²) in [4.78, 5) is 25.9. The van der Waals surface area contributed by atoms with Crippen LogP contribution in [0.1, 0.15) is 44.1 Å². The maximum atomic E-state index is 13.6. The molecule has 1 aliphatic carbocycles. The molecule has 0 aromatic heterocycles. The molecule has 1 aliphatic heterocycles. The highest BCUT2D eigenvalue weighted by Gasteiger charge is 2.54. The van der Waals surface area contributed by atoms with Gasteiger partial charge in [0.1, 0.15) is 17.8 Å². The van der Waals surface area contributed by atoms with Gasteiger partial charge in [-0.05, 0) is 49.3 Å². The maximum absolute atomic E-state index is 13.6. The lowest BCUT2D eigenvalue weighted by Gasteiger charge is -2.46. The van der Waals surface area contributed by atoms with Crippen molar-refractivity contribution in [1.82, 2.24) is 10.2 Å². The number of β-lactam (4-membered cyclic amide) rings is 1. The number of carbonyl (C=O) groups excluding carboxylic acids is 2. The van der Waals surface area contributed by atoms with Crippen molar-refractivity contribution < 1.29 is 27.9 Å². The van der Waals surface area contributed by atoms with Crippen molar-refractivity contribution in [2.45, 2.75) is 63.2 Å². The highest BCUT2D eigenvalue weighted by molar-refractivity contribution is 6.30. The Morgan fingerprint density at radius 1 is 1.29 bits per heavy atom. The van der Waals surface area contributed by atoms with E-state index in [-0.39, 0.29) is 0 Å². The summed E-state index contributed by atoms with van der Waals surface area (Å²) < 4.78 is 40.9. The summed E-state index contributed by atoms with van der Waals surface area (Å²) in [6, 6.07) is 2.85. The molecule has 2 N–H and O–H groups in total. The van der Waals surface area contributed by atoms with E-state index in [1.54, 1.807) is 18.2 Å². The number of nitrogens with zero attached hydrogens (tertiary/aromatic N) is 1. The quantitative estimate of drug-likeness (QED) is 0.443. The van der Waals surface area contributed by atoms with Gasteiger partial charge in [-0.1, -0.05) is 49.6 Å². The molecule has 0 radical (unpaired) electrons. The highest BCUT2D eigenvalue weighted by Crippen LogP contribution is 2.37. The number of halogens is 4. The van der Waals surface area contributed by atoms with Crippen LogP contribution in [0.15, 0.2) is 36.6 Å². The summed E-state index contributed by atoms with van der Waals surface area (Å²) in [7, 11) is 0. The Balaban J connectivity index is 1.68. The number of imide groups is 1. The summed E-state index contributed by atoms with van der Waals surface area (Å²) in [6.07, 6.45) is -0.881. The second-order valence-corrected chi connectivity index (χ2v) is 8.72. The number of hydrogen-bond donors (Lipinski definition) is 2. The van der Waals surface area contributed by atoms with E-state index in [0.29, 0.717) is 48.4 Å². The van der Waals surface area contributed by atoms with Crippen molar-refractivity contribution in [3.63, 3.8) is 0 Å². The molecule has 5 nitrogen and oxygen atoms in total. The largest absolute Gasteiger partial charge is 0.511 e. The van der Waals surface area contributed by atoms with Crippen molar-refractivity contribution >= 4 is 23.5 Å². The second-order valence-electron chi connectivity index (χ2n) is 8.29. The van der Waals surface area contributed by atoms with Gasteiger partial charge >= 0.3 is 12.2 Å². The Morgan fingerprint density at radius 3 is 2.55 bits per heavy atom. The van der Waals surface area contributed by atoms with E-state index in [9.17, 15) is 27.9 Å². The minimum absolute atomic E-state index is 0.304. The first-order chi connectivity index (χ1) is 14.6. The molecule has 3 atom stereocenters. The zero-order valence-corrected chi connectivity index (χ0v) is 17.8. The molecule has 9 heteroatoms. The summed E-state index contributed by atoms with van der Waals surface area (Å²) in [5.41, 5.74) is 0.875. The van der Waals surface area contributed by atoms with Gasteiger partial charge in [-0.3, -0.25) is 9.69 Å². The van der Waals surface area contributed by atoms with Crippen LogP contribution in [0.2, 0.25) is 5.02 Å². The first-order valence-corrected chi connectivity index (χ1v) is 10.8. The molecule has 3 rings (SSSR count). The molecule has 0 unspecified atom stereocenters. The third-order valence-electron chi connectivity index (χ3n) is 6.16. The first-order valence-electron chi connectivity index (χ1n) is 10.4. The molecule has 1 aromatic rings. The fraction of sp³-hybridized carbons (Fsp3) is 0.545. The smallest absolute Gasteiger partial charge is 0.408 e. The fourth-order valence-electron chi connectivity index (χ4n) is 4.59. The predicted octanol–water partition coefficient (Wildman–Crippen LogP) is 5.39. The van der Waals surface area contributed by atoms with Crippen LogP contribution in [-0.2, 0) is 11.2 Å². The number of alkyl halides is 3. The molecule has 31 heavy (non-hydrogen) atoms. The van der Waals surface area contributed by atoms with Gasteiger partial charge in [-0.2, -0.15) is 13.2 Å². The third kappa shape index (κ3) is 5.34. The number of aliphatic hydroxyl groups is 1. The number of amides is 3. The van der Waals surface area contributed by atoms with Crippen LogP contribution >= 0.6 is 11.6 Å². The molecule has 2 aliphatic rings. The minimum Gasteiger partial charge on any atom is -0.511 e. The Kier molecular flexibility index (Phi) is 7.19. The lowest BCUT2D eigenvalue weighted by molar-refractivity contribution is -0.170. The Hall–Kier alpha value is -2.22. The Bertz CT molecular complexity index is 840. The van der Waals surface area contributed by atoms with Crippen molar-refractivity contribution in [2.24, 2.45) is 11.8 Å². The van der Waals surface area contributed by atoms with Gasteiger partial charge in [0, 0.05) is 5.02 Å². The SMILES string of the molecule is C=C(O)[C@@H]1[C@@H](CCc2cccc(Cl)c2)C(=O)N1C(=O)N[C@@H](C1CCCCC1)C(F)(F)F. The third-order valence-corrected chi connectivity index (χ3v) is 6.40. The Morgan fingerprint density at radius 2 is 1.97 bits per heavy atom. The number of likely N-dealkylation sites (tertiary alicyclic amines) is 1. The lowest BCUT2D eigenvalue weighted by atomic mass is 9.81. The normalized spacial score (nSPS) is 23.2. The zero-order valence-electron chi connectivity index (χ0n) is 17.0. The number of aliphatic hydroxyl groups excluding tert-OH is 1. The average molecular weight is 459 g/mol. The molecule has 1 heterocycles. The van der Waals surface area contributed by atoms with Crippen molar-refractivity contribution in [1.29, 1.82) is 0 Å². The van der Waals surface area contributed by atoms with E-state index in [0.717, 1.165) is 12.0 Å². The van der Waals surface area contributed by atoms with Gasteiger partial charge in [0.25, 0.3) is 0 Å². The van der Waals surface area contributed by atoms with Gasteiger partial charge < -0.3 is 10.4 Å². The molecule has 1 saturated heterocycles. The number of benzene rings is 1. The molecule has 0 spiro atoms. The summed E-state index contributed by atoms with van der Waals surface area (Å²) in [6.45, 7) is 3.42. The van der Waals surface area contributed by atoms with Crippen LogP contribution in [-0.4, -0.2) is 40.2 Å². The van der Waals surface area contributed by atoms with Gasteiger partial charge in [0.05, 0.1) is 5.92 Å². The van der Waals surface area contributed by atoms with Gasteiger partial charge in [-0.15, -0.1) is 0 Å². The van der Waals surface area contributed by atoms with Crippen LogP contribution < -0.4 is 5.32 Å². The topological polar surface area (TPSA) is 69.6 Å².